The van der Waals surface area contributed by atoms with Gasteiger partial charge in [-0.1, -0.05) is 11.6 Å². The van der Waals surface area contributed by atoms with Crippen LogP contribution < -0.4 is 10.1 Å². The molecule has 8 heteroatoms. The van der Waals surface area contributed by atoms with Gasteiger partial charge in [-0.25, -0.2) is 9.37 Å². The molecular weight excluding hydrogens is 416 g/mol. The lowest BCUT2D eigenvalue weighted by molar-refractivity contribution is 0.451. The van der Waals surface area contributed by atoms with Crippen LogP contribution >= 0.6 is 43.5 Å². The summed E-state index contributed by atoms with van der Waals surface area (Å²) in [5, 5.41) is 2.98. The molecule has 0 fully saturated rings. The topological polar surface area (TPSA) is 47.0 Å². The highest BCUT2D eigenvalue weighted by molar-refractivity contribution is 9.11. The lowest BCUT2D eigenvalue weighted by Gasteiger charge is -2.10. The van der Waals surface area contributed by atoms with Crippen molar-refractivity contribution in [1.82, 2.24) is 9.97 Å². The smallest absolute Gasteiger partial charge is 0.238 e. The zero-order chi connectivity index (χ0) is 14.7. The molecule has 0 amide bonds. The van der Waals surface area contributed by atoms with E-state index >= 15 is 0 Å². The second-order valence-electron chi connectivity index (χ2n) is 3.68. The molecule has 0 spiro atoms. The third kappa shape index (κ3) is 3.59. The van der Waals surface area contributed by atoms with Crippen LogP contribution in [0.25, 0.3) is 0 Å². The molecule has 0 saturated heterocycles. The van der Waals surface area contributed by atoms with Crippen molar-refractivity contribution in [2.24, 2.45) is 0 Å². The molecule has 0 aliphatic rings. The van der Waals surface area contributed by atoms with E-state index in [1.54, 1.807) is 6.20 Å². The van der Waals surface area contributed by atoms with E-state index in [9.17, 15) is 4.39 Å². The maximum absolute atomic E-state index is 13.5. The second kappa shape index (κ2) is 6.69. The van der Waals surface area contributed by atoms with Gasteiger partial charge in [0.25, 0.3) is 0 Å². The minimum Gasteiger partial charge on any atom is -0.436 e. The van der Waals surface area contributed by atoms with Gasteiger partial charge in [-0.15, -0.1) is 0 Å². The van der Waals surface area contributed by atoms with Crippen molar-refractivity contribution in [2.75, 3.05) is 11.9 Å². The molecule has 4 nitrogen and oxygen atoms in total. The van der Waals surface area contributed by atoms with Gasteiger partial charge in [0.2, 0.25) is 11.8 Å². The average Bonchev–Trinajstić information content (AvgIpc) is 2.40. The number of nitrogens with zero attached hydrogens (tertiary/aromatic N) is 2. The lowest BCUT2D eigenvalue weighted by Crippen LogP contribution is -2.03. The van der Waals surface area contributed by atoms with E-state index in [-0.39, 0.29) is 16.7 Å². The predicted molar refractivity (Wildman–Crippen MR) is 83.1 cm³/mol. The van der Waals surface area contributed by atoms with Crippen LogP contribution in [0.3, 0.4) is 0 Å². The van der Waals surface area contributed by atoms with Crippen LogP contribution in [-0.4, -0.2) is 16.5 Å². The molecule has 0 unspecified atom stereocenters. The summed E-state index contributed by atoms with van der Waals surface area (Å²) in [5.74, 6) is 0.408. The Morgan fingerprint density at radius 3 is 2.80 bits per heavy atom. The van der Waals surface area contributed by atoms with E-state index < -0.39 is 5.82 Å². The highest BCUT2D eigenvalue weighted by Crippen LogP contribution is 2.35. The molecule has 1 heterocycles. The summed E-state index contributed by atoms with van der Waals surface area (Å²) >= 11 is 12.2. The van der Waals surface area contributed by atoms with Crippen LogP contribution in [0.4, 0.5) is 10.3 Å². The Morgan fingerprint density at radius 2 is 2.10 bits per heavy atom. The average molecular weight is 425 g/mol. The van der Waals surface area contributed by atoms with E-state index in [1.165, 1.54) is 12.1 Å². The van der Waals surface area contributed by atoms with Gasteiger partial charge < -0.3 is 10.1 Å². The summed E-state index contributed by atoms with van der Waals surface area (Å²) in [6.45, 7) is 2.61. The van der Waals surface area contributed by atoms with E-state index in [4.69, 9.17) is 16.3 Å². The lowest BCUT2D eigenvalue weighted by atomic mass is 10.3. The molecule has 20 heavy (non-hydrogen) atoms. The summed E-state index contributed by atoms with van der Waals surface area (Å²) in [6.07, 6.45) is 1.56. The largest absolute Gasteiger partial charge is 0.436 e. The number of hydrogen-bond acceptors (Lipinski definition) is 4. The number of nitrogens with one attached hydrogen (secondary N) is 1. The van der Waals surface area contributed by atoms with Crippen LogP contribution in [0, 0.1) is 5.82 Å². The summed E-state index contributed by atoms with van der Waals surface area (Å²) in [7, 11) is 0. The quantitative estimate of drug-likeness (QED) is 0.699. The van der Waals surface area contributed by atoms with Crippen LogP contribution in [0.15, 0.2) is 27.3 Å². The fraction of sp³-hybridized carbons (Fsp3) is 0.167. The standard InChI is InChI=1S/C12H9Br2ClFN3O/c1-2-17-12-18-5-7(14)11(19-12)20-10-4-9(16)8(15)3-6(10)13/h3-5H,2H2,1H3,(H,17,18,19). The number of halogens is 4. The zero-order valence-electron chi connectivity index (χ0n) is 10.3. The Kier molecular flexibility index (Phi) is 5.17. The first kappa shape index (κ1) is 15.5. The van der Waals surface area contributed by atoms with Crippen molar-refractivity contribution in [2.45, 2.75) is 6.92 Å². The SMILES string of the molecule is CCNc1ncc(Br)c(Oc2cc(F)c(Cl)cc2Br)n1. The van der Waals surface area contributed by atoms with Gasteiger partial charge in [-0.3, -0.25) is 0 Å². The maximum Gasteiger partial charge on any atom is 0.238 e. The number of benzene rings is 1. The van der Waals surface area contributed by atoms with Gasteiger partial charge in [0.1, 0.15) is 11.6 Å². The van der Waals surface area contributed by atoms with Crippen LogP contribution in [0.2, 0.25) is 5.02 Å². The molecule has 0 atom stereocenters. The number of hydrogen-bond donors (Lipinski definition) is 1. The van der Waals surface area contributed by atoms with Crippen molar-refractivity contribution in [3.05, 3.63) is 38.1 Å². The third-order valence-electron chi connectivity index (χ3n) is 2.23. The number of anilines is 1. The first-order valence-electron chi connectivity index (χ1n) is 5.60. The number of ether oxygens (including phenoxy) is 1. The number of rotatable bonds is 4. The highest BCUT2D eigenvalue weighted by Gasteiger charge is 2.12. The van der Waals surface area contributed by atoms with E-state index in [0.29, 0.717) is 21.4 Å². The second-order valence-corrected chi connectivity index (χ2v) is 5.79. The van der Waals surface area contributed by atoms with E-state index in [2.05, 4.69) is 47.1 Å². The first-order chi connectivity index (χ1) is 9.51. The highest BCUT2D eigenvalue weighted by atomic mass is 79.9. The van der Waals surface area contributed by atoms with Crippen LogP contribution in [0.1, 0.15) is 6.92 Å². The minimum atomic E-state index is -0.568. The van der Waals surface area contributed by atoms with Gasteiger partial charge in [0, 0.05) is 12.6 Å². The molecule has 0 bridgehead atoms. The fourth-order valence-electron chi connectivity index (χ4n) is 1.35. The Morgan fingerprint density at radius 1 is 1.35 bits per heavy atom. The normalized spacial score (nSPS) is 10.4. The summed E-state index contributed by atoms with van der Waals surface area (Å²) in [5.41, 5.74) is 0. The molecule has 0 radical (unpaired) electrons. The molecule has 0 aliphatic heterocycles. The van der Waals surface area contributed by atoms with Gasteiger partial charge in [0.15, 0.2) is 0 Å². The number of aromatic nitrogens is 2. The predicted octanol–water partition coefficient (Wildman–Crippen LogP) is 5.02. The summed E-state index contributed by atoms with van der Waals surface area (Å²) < 4.78 is 20.1. The molecule has 1 aromatic heterocycles. The van der Waals surface area contributed by atoms with E-state index in [1.807, 2.05) is 6.92 Å². The van der Waals surface area contributed by atoms with Crippen molar-refractivity contribution >= 4 is 49.4 Å². The Labute approximate surface area is 137 Å². The fourth-order valence-corrected chi connectivity index (χ4v) is 2.34. The van der Waals surface area contributed by atoms with Crippen LogP contribution in [-0.2, 0) is 0 Å². The third-order valence-corrected chi connectivity index (χ3v) is 3.68. The maximum atomic E-state index is 13.5. The van der Waals surface area contributed by atoms with Gasteiger partial charge >= 0.3 is 0 Å². The molecule has 2 rings (SSSR count). The molecular formula is C12H9Br2ClFN3O. The molecule has 1 aromatic carbocycles. The van der Waals surface area contributed by atoms with Crippen molar-refractivity contribution in [3.8, 4) is 11.6 Å². The summed E-state index contributed by atoms with van der Waals surface area (Å²) in [4.78, 5) is 8.25. The zero-order valence-corrected chi connectivity index (χ0v) is 14.2. The Balaban J connectivity index is 2.34. The van der Waals surface area contributed by atoms with Gasteiger partial charge in [0.05, 0.1) is 20.2 Å². The minimum absolute atomic E-state index is 0.0133. The molecule has 106 valence electrons. The van der Waals surface area contributed by atoms with Crippen molar-refractivity contribution in [1.29, 1.82) is 0 Å². The monoisotopic (exact) mass is 423 g/mol. The molecule has 0 aliphatic carbocycles. The van der Waals surface area contributed by atoms with Crippen molar-refractivity contribution < 1.29 is 9.13 Å². The first-order valence-corrected chi connectivity index (χ1v) is 7.56. The summed E-state index contributed by atoms with van der Waals surface area (Å²) in [6, 6.07) is 2.61. The van der Waals surface area contributed by atoms with Crippen LogP contribution in [0.5, 0.6) is 11.6 Å². The Bertz CT molecular complexity index is 642. The van der Waals surface area contributed by atoms with E-state index in [0.717, 1.165) is 0 Å². The van der Waals surface area contributed by atoms with Gasteiger partial charge in [-0.05, 0) is 44.8 Å². The van der Waals surface area contributed by atoms with Gasteiger partial charge in [-0.2, -0.15) is 4.98 Å². The molecule has 2 aromatic rings. The Hall–Kier alpha value is -0.920. The molecule has 1 N–H and O–H groups in total. The molecule has 0 saturated carbocycles. The van der Waals surface area contributed by atoms with Crippen molar-refractivity contribution in [3.63, 3.8) is 0 Å².